The second-order valence-corrected chi connectivity index (χ2v) is 8.30. The highest BCUT2D eigenvalue weighted by Crippen LogP contribution is 2.42. The standard InChI is InChI=1S/C17H25N3O2S2/c1-5-10(8-21)18-14-13-11-7-17(3,6-2)22-9-12(11)24-15(13)20-16(19-14)23-4/h10,21H,5-9H2,1-4H3,(H,18,19,20)/t10-,17-/m1/s1. The summed E-state index contributed by atoms with van der Waals surface area (Å²) in [5, 5.41) is 14.9. The number of rotatable bonds is 6. The molecule has 24 heavy (non-hydrogen) atoms. The molecule has 0 unspecified atom stereocenters. The number of thioether (sulfide) groups is 1. The SMILES string of the molecule is CC[C@H](CO)Nc1nc(SC)nc2sc3c(c12)C[C@@](C)(CC)OC3. The molecule has 1 aliphatic rings. The fraction of sp³-hybridized carbons (Fsp3) is 0.647. The van der Waals surface area contributed by atoms with Crippen LogP contribution in [0, 0.1) is 0 Å². The van der Waals surface area contributed by atoms with Gasteiger partial charge in [-0.1, -0.05) is 25.6 Å². The molecule has 0 radical (unpaired) electrons. The Kier molecular flexibility index (Phi) is 5.34. The first-order chi connectivity index (χ1) is 11.5. The average Bonchev–Trinajstić information content (AvgIpc) is 2.96. The van der Waals surface area contributed by atoms with E-state index in [0.29, 0.717) is 6.61 Å². The number of anilines is 1. The summed E-state index contributed by atoms with van der Waals surface area (Å²) in [7, 11) is 0. The summed E-state index contributed by atoms with van der Waals surface area (Å²) < 4.78 is 6.09. The van der Waals surface area contributed by atoms with Gasteiger partial charge in [0.2, 0.25) is 0 Å². The molecule has 0 aromatic carbocycles. The van der Waals surface area contributed by atoms with Crippen molar-refractivity contribution in [3.8, 4) is 0 Å². The summed E-state index contributed by atoms with van der Waals surface area (Å²) in [4.78, 5) is 11.7. The molecule has 0 saturated carbocycles. The fourth-order valence-electron chi connectivity index (χ4n) is 2.95. The number of hydrogen-bond donors (Lipinski definition) is 2. The minimum atomic E-state index is -0.127. The van der Waals surface area contributed by atoms with Gasteiger partial charge in [0.1, 0.15) is 10.6 Å². The van der Waals surface area contributed by atoms with E-state index < -0.39 is 0 Å². The maximum atomic E-state index is 9.57. The van der Waals surface area contributed by atoms with E-state index in [9.17, 15) is 5.11 Å². The van der Waals surface area contributed by atoms with E-state index in [4.69, 9.17) is 14.7 Å². The lowest BCUT2D eigenvalue weighted by atomic mass is 9.90. The third-order valence-corrected chi connectivity index (χ3v) is 6.45. The molecule has 3 rings (SSSR count). The van der Waals surface area contributed by atoms with Gasteiger partial charge in [0, 0.05) is 11.3 Å². The quantitative estimate of drug-likeness (QED) is 0.597. The summed E-state index contributed by atoms with van der Waals surface area (Å²) in [5.74, 6) is 0.850. The summed E-state index contributed by atoms with van der Waals surface area (Å²) in [6, 6.07) is 0.00533. The van der Waals surface area contributed by atoms with Crippen LogP contribution in [0.3, 0.4) is 0 Å². The van der Waals surface area contributed by atoms with Crippen molar-refractivity contribution in [3.63, 3.8) is 0 Å². The van der Waals surface area contributed by atoms with Crippen molar-refractivity contribution in [1.82, 2.24) is 9.97 Å². The molecule has 7 heteroatoms. The molecule has 2 atom stereocenters. The van der Waals surface area contributed by atoms with Crippen molar-refractivity contribution in [2.45, 2.75) is 63.4 Å². The normalized spacial score (nSPS) is 21.7. The van der Waals surface area contributed by atoms with E-state index in [2.05, 4.69) is 26.1 Å². The van der Waals surface area contributed by atoms with Gasteiger partial charge in [-0.2, -0.15) is 0 Å². The minimum absolute atomic E-state index is 0.00533. The third kappa shape index (κ3) is 3.27. The molecule has 5 nitrogen and oxygen atoms in total. The highest BCUT2D eigenvalue weighted by Gasteiger charge is 2.33. The van der Waals surface area contributed by atoms with Gasteiger partial charge in [0.25, 0.3) is 0 Å². The molecule has 2 aromatic rings. The van der Waals surface area contributed by atoms with Crippen LogP contribution in [0.4, 0.5) is 5.82 Å². The lowest BCUT2D eigenvalue weighted by molar-refractivity contribution is -0.0542. The number of ether oxygens (including phenoxy) is 1. The second kappa shape index (κ2) is 7.15. The van der Waals surface area contributed by atoms with Crippen LogP contribution < -0.4 is 5.32 Å². The minimum Gasteiger partial charge on any atom is -0.394 e. The Bertz CT molecular complexity index is 730. The Balaban J connectivity index is 2.13. The second-order valence-electron chi connectivity index (χ2n) is 6.44. The number of aliphatic hydroxyl groups excluding tert-OH is 1. The molecule has 0 saturated heterocycles. The smallest absolute Gasteiger partial charge is 0.190 e. The van der Waals surface area contributed by atoms with Gasteiger partial charge in [0.05, 0.1) is 30.2 Å². The van der Waals surface area contributed by atoms with E-state index in [-0.39, 0.29) is 18.2 Å². The van der Waals surface area contributed by atoms with Crippen LogP contribution in [0.2, 0.25) is 0 Å². The largest absolute Gasteiger partial charge is 0.394 e. The lowest BCUT2D eigenvalue weighted by Gasteiger charge is -2.33. The van der Waals surface area contributed by atoms with Crippen LogP contribution in [0.5, 0.6) is 0 Å². The zero-order valence-corrected chi connectivity index (χ0v) is 16.3. The number of thiophene rings is 1. The van der Waals surface area contributed by atoms with Crippen molar-refractivity contribution in [2.24, 2.45) is 0 Å². The van der Waals surface area contributed by atoms with Crippen LogP contribution in [0.15, 0.2) is 5.16 Å². The first-order valence-corrected chi connectivity index (χ1v) is 10.4. The Morgan fingerprint density at radius 1 is 1.42 bits per heavy atom. The number of aliphatic hydroxyl groups is 1. The molecule has 3 heterocycles. The molecule has 2 aromatic heterocycles. The van der Waals surface area contributed by atoms with Gasteiger partial charge in [-0.25, -0.2) is 9.97 Å². The summed E-state index contributed by atoms with van der Waals surface area (Å²) >= 11 is 3.25. The Hall–Kier alpha value is -0.890. The van der Waals surface area contributed by atoms with E-state index in [1.807, 2.05) is 6.26 Å². The van der Waals surface area contributed by atoms with Gasteiger partial charge in [-0.3, -0.25) is 0 Å². The van der Waals surface area contributed by atoms with Crippen molar-refractivity contribution in [3.05, 3.63) is 10.4 Å². The number of hydrogen-bond acceptors (Lipinski definition) is 7. The van der Waals surface area contributed by atoms with E-state index in [0.717, 1.165) is 40.5 Å². The van der Waals surface area contributed by atoms with E-state index in [1.54, 1.807) is 23.1 Å². The van der Waals surface area contributed by atoms with Crippen LogP contribution in [0.1, 0.15) is 44.1 Å². The first kappa shape index (κ1) is 17.9. The Morgan fingerprint density at radius 2 is 2.21 bits per heavy atom. The zero-order valence-electron chi connectivity index (χ0n) is 14.7. The fourth-order valence-corrected chi connectivity index (χ4v) is 4.47. The summed E-state index contributed by atoms with van der Waals surface area (Å²) in [5.41, 5.74) is 1.19. The molecule has 0 fully saturated rings. The maximum absolute atomic E-state index is 9.57. The molecule has 0 bridgehead atoms. The van der Waals surface area contributed by atoms with Gasteiger partial charge in [-0.05, 0) is 31.6 Å². The average molecular weight is 368 g/mol. The van der Waals surface area contributed by atoms with Crippen molar-refractivity contribution in [2.75, 3.05) is 18.2 Å². The lowest BCUT2D eigenvalue weighted by Crippen LogP contribution is -2.34. The van der Waals surface area contributed by atoms with Gasteiger partial charge >= 0.3 is 0 Å². The highest BCUT2D eigenvalue weighted by molar-refractivity contribution is 7.98. The molecule has 2 N–H and O–H groups in total. The monoisotopic (exact) mass is 367 g/mol. The van der Waals surface area contributed by atoms with Crippen molar-refractivity contribution >= 4 is 39.1 Å². The third-order valence-electron chi connectivity index (χ3n) is 4.80. The van der Waals surface area contributed by atoms with Gasteiger partial charge < -0.3 is 15.2 Å². The number of fused-ring (bicyclic) bond motifs is 3. The molecule has 132 valence electrons. The molecule has 0 aliphatic carbocycles. The molecule has 0 spiro atoms. The topological polar surface area (TPSA) is 67.3 Å². The van der Waals surface area contributed by atoms with E-state index in [1.165, 1.54) is 10.4 Å². The zero-order chi connectivity index (χ0) is 17.3. The number of nitrogens with zero attached hydrogens (tertiary/aromatic N) is 2. The van der Waals surface area contributed by atoms with Crippen molar-refractivity contribution < 1.29 is 9.84 Å². The first-order valence-electron chi connectivity index (χ1n) is 8.41. The number of aromatic nitrogens is 2. The van der Waals surface area contributed by atoms with E-state index >= 15 is 0 Å². The van der Waals surface area contributed by atoms with Gasteiger partial charge in [-0.15, -0.1) is 11.3 Å². The molecular formula is C17H25N3O2S2. The summed E-state index contributed by atoms with van der Waals surface area (Å²) in [6.07, 6.45) is 4.69. The summed E-state index contributed by atoms with van der Waals surface area (Å²) in [6.45, 7) is 7.14. The maximum Gasteiger partial charge on any atom is 0.190 e. The van der Waals surface area contributed by atoms with Crippen LogP contribution >= 0.6 is 23.1 Å². The number of nitrogens with one attached hydrogen (secondary N) is 1. The molecule has 1 aliphatic heterocycles. The van der Waals surface area contributed by atoms with Gasteiger partial charge in [0.15, 0.2) is 5.16 Å². The van der Waals surface area contributed by atoms with Crippen LogP contribution in [0.25, 0.3) is 10.2 Å². The highest BCUT2D eigenvalue weighted by atomic mass is 32.2. The Labute approximate surface area is 151 Å². The predicted molar refractivity (Wildman–Crippen MR) is 101 cm³/mol. The molecule has 0 amide bonds. The molecular weight excluding hydrogens is 342 g/mol. The van der Waals surface area contributed by atoms with Crippen molar-refractivity contribution in [1.29, 1.82) is 0 Å². The van der Waals surface area contributed by atoms with Crippen LogP contribution in [-0.2, 0) is 17.8 Å². The van der Waals surface area contributed by atoms with Crippen LogP contribution in [-0.4, -0.2) is 39.6 Å². The Morgan fingerprint density at radius 3 is 2.83 bits per heavy atom. The predicted octanol–water partition coefficient (Wildman–Crippen LogP) is 3.84.